The maximum Gasteiger partial charge on any atom is 0.115 e. The number of phenolic OH excluding ortho intramolecular Hbond substituents is 1. The van der Waals surface area contributed by atoms with Crippen molar-refractivity contribution in [3.63, 3.8) is 0 Å². The van der Waals surface area contributed by atoms with Crippen molar-refractivity contribution in [1.82, 2.24) is 0 Å². The van der Waals surface area contributed by atoms with E-state index < -0.39 is 0 Å². The van der Waals surface area contributed by atoms with Crippen molar-refractivity contribution in [2.75, 3.05) is 6.54 Å². The number of rotatable bonds is 3. The molecule has 2 aromatic rings. The van der Waals surface area contributed by atoms with Gasteiger partial charge in [-0.3, -0.25) is 0 Å². The van der Waals surface area contributed by atoms with Crippen LogP contribution >= 0.6 is 11.6 Å². The van der Waals surface area contributed by atoms with Crippen molar-refractivity contribution in [2.45, 2.75) is 6.42 Å². The molecule has 0 aliphatic carbocycles. The molecular weight excluding hydrogens is 234 g/mol. The second kappa shape index (κ2) is 5.21. The topological polar surface area (TPSA) is 46.2 Å². The third-order valence-corrected chi connectivity index (χ3v) is 3.03. The molecule has 2 nitrogen and oxygen atoms in total. The highest BCUT2D eigenvalue weighted by Gasteiger charge is 2.03. The van der Waals surface area contributed by atoms with Gasteiger partial charge in [0.25, 0.3) is 0 Å². The maximum atomic E-state index is 9.25. The maximum absolute atomic E-state index is 9.25. The quantitative estimate of drug-likeness (QED) is 0.875. The van der Waals surface area contributed by atoms with Gasteiger partial charge in [-0.05, 0) is 53.9 Å². The fraction of sp³-hybridized carbons (Fsp3) is 0.143. The van der Waals surface area contributed by atoms with E-state index >= 15 is 0 Å². The molecule has 0 radical (unpaired) electrons. The van der Waals surface area contributed by atoms with Gasteiger partial charge in [-0.1, -0.05) is 29.8 Å². The molecule has 0 heterocycles. The van der Waals surface area contributed by atoms with Crippen LogP contribution in [0, 0.1) is 0 Å². The molecule has 0 aromatic heterocycles. The molecule has 0 unspecified atom stereocenters. The Balaban J connectivity index is 2.39. The summed E-state index contributed by atoms with van der Waals surface area (Å²) in [6.07, 6.45) is 0.769. The smallest absolute Gasteiger partial charge is 0.115 e. The number of hydrogen-bond acceptors (Lipinski definition) is 2. The van der Waals surface area contributed by atoms with Gasteiger partial charge in [-0.25, -0.2) is 0 Å². The van der Waals surface area contributed by atoms with Gasteiger partial charge in [0.2, 0.25) is 0 Å². The molecular formula is C14H14ClNO. The fourth-order valence-corrected chi connectivity index (χ4v) is 1.97. The summed E-state index contributed by atoms with van der Waals surface area (Å²) in [6.45, 7) is 0.582. The molecule has 88 valence electrons. The molecule has 0 spiro atoms. The Hall–Kier alpha value is -1.51. The minimum absolute atomic E-state index is 0.268. The molecule has 0 aliphatic heterocycles. The van der Waals surface area contributed by atoms with Crippen LogP contribution in [0.3, 0.4) is 0 Å². The van der Waals surface area contributed by atoms with Crippen molar-refractivity contribution < 1.29 is 5.11 Å². The number of halogens is 1. The minimum Gasteiger partial charge on any atom is -0.508 e. The fourth-order valence-electron chi connectivity index (χ4n) is 1.76. The molecule has 0 amide bonds. The van der Waals surface area contributed by atoms with E-state index in [4.69, 9.17) is 17.3 Å². The predicted octanol–water partition coefficient (Wildman–Crippen LogP) is 3.21. The van der Waals surface area contributed by atoms with E-state index in [0.717, 1.165) is 28.1 Å². The summed E-state index contributed by atoms with van der Waals surface area (Å²) < 4.78 is 0. The van der Waals surface area contributed by atoms with Crippen LogP contribution < -0.4 is 5.73 Å². The van der Waals surface area contributed by atoms with Crippen molar-refractivity contribution in [3.8, 4) is 16.9 Å². The van der Waals surface area contributed by atoms with E-state index in [-0.39, 0.29) is 5.75 Å². The first-order valence-electron chi connectivity index (χ1n) is 5.48. The van der Waals surface area contributed by atoms with E-state index in [1.165, 1.54) is 0 Å². The molecule has 3 heteroatoms. The highest BCUT2D eigenvalue weighted by atomic mass is 35.5. The molecule has 0 atom stereocenters. The van der Waals surface area contributed by atoms with Crippen LogP contribution in [0.1, 0.15) is 5.56 Å². The first-order chi connectivity index (χ1) is 8.20. The highest BCUT2D eigenvalue weighted by molar-refractivity contribution is 6.31. The summed E-state index contributed by atoms with van der Waals surface area (Å²) in [5.41, 5.74) is 8.74. The van der Waals surface area contributed by atoms with Gasteiger partial charge in [0, 0.05) is 5.02 Å². The Bertz CT molecular complexity index is 508. The molecule has 2 rings (SSSR count). The van der Waals surface area contributed by atoms with Crippen LogP contribution in [-0.2, 0) is 6.42 Å². The van der Waals surface area contributed by atoms with Crippen LogP contribution in [0.15, 0.2) is 42.5 Å². The van der Waals surface area contributed by atoms with Gasteiger partial charge in [0.1, 0.15) is 5.75 Å². The lowest BCUT2D eigenvalue weighted by Gasteiger charge is -2.07. The van der Waals surface area contributed by atoms with Crippen molar-refractivity contribution in [3.05, 3.63) is 53.1 Å². The van der Waals surface area contributed by atoms with Crippen molar-refractivity contribution >= 4 is 11.6 Å². The monoisotopic (exact) mass is 247 g/mol. The van der Waals surface area contributed by atoms with E-state index in [1.54, 1.807) is 12.1 Å². The second-order valence-electron chi connectivity index (χ2n) is 3.89. The first-order valence-corrected chi connectivity index (χ1v) is 5.86. The molecule has 3 N–H and O–H groups in total. The summed E-state index contributed by atoms with van der Waals surface area (Å²) in [4.78, 5) is 0. The molecule has 0 saturated heterocycles. The average Bonchev–Trinajstić information content (AvgIpc) is 2.33. The van der Waals surface area contributed by atoms with E-state index in [1.807, 2.05) is 30.3 Å². The third kappa shape index (κ3) is 2.78. The van der Waals surface area contributed by atoms with Gasteiger partial charge in [-0.15, -0.1) is 0 Å². The van der Waals surface area contributed by atoms with Crippen LogP contribution in [0.5, 0.6) is 5.75 Å². The second-order valence-corrected chi connectivity index (χ2v) is 4.30. The number of hydrogen-bond donors (Lipinski definition) is 2. The van der Waals surface area contributed by atoms with Gasteiger partial charge in [0.05, 0.1) is 0 Å². The lowest BCUT2D eigenvalue weighted by molar-refractivity contribution is 0.475. The summed E-state index contributed by atoms with van der Waals surface area (Å²) in [5, 5.41) is 10.00. The largest absolute Gasteiger partial charge is 0.508 e. The third-order valence-electron chi connectivity index (χ3n) is 2.66. The lowest BCUT2D eigenvalue weighted by Crippen LogP contribution is -2.03. The van der Waals surface area contributed by atoms with Crippen molar-refractivity contribution in [1.29, 1.82) is 0 Å². The summed E-state index contributed by atoms with van der Waals surface area (Å²) >= 11 is 6.09. The Morgan fingerprint density at radius 1 is 1.00 bits per heavy atom. The molecule has 2 aromatic carbocycles. The number of aromatic hydroxyl groups is 1. The Labute approximate surface area is 106 Å². The molecule has 17 heavy (non-hydrogen) atoms. The minimum atomic E-state index is 0.268. The van der Waals surface area contributed by atoms with E-state index in [2.05, 4.69) is 0 Å². The van der Waals surface area contributed by atoms with Gasteiger partial charge in [0.15, 0.2) is 0 Å². The van der Waals surface area contributed by atoms with Crippen LogP contribution in [0.2, 0.25) is 5.02 Å². The lowest BCUT2D eigenvalue weighted by atomic mass is 10.0. The molecule has 0 fully saturated rings. The first kappa shape index (κ1) is 12.0. The SMILES string of the molecule is NCCc1cc(-c2ccc(O)cc2)ccc1Cl. The van der Waals surface area contributed by atoms with Crippen LogP contribution in [-0.4, -0.2) is 11.7 Å². The Morgan fingerprint density at radius 2 is 1.65 bits per heavy atom. The number of phenols is 1. The molecule has 0 saturated carbocycles. The zero-order chi connectivity index (χ0) is 12.3. The molecule has 0 bridgehead atoms. The van der Waals surface area contributed by atoms with Crippen LogP contribution in [0.25, 0.3) is 11.1 Å². The van der Waals surface area contributed by atoms with E-state index in [9.17, 15) is 5.11 Å². The normalized spacial score (nSPS) is 10.5. The summed E-state index contributed by atoms with van der Waals surface area (Å²) in [7, 11) is 0. The van der Waals surface area contributed by atoms with Gasteiger partial charge < -0.3 is 10.8 Å². The van der Waals surface area contributed by atoms with Crippen molar-refractivity contribution in [2.24, 2.45) is 5.73 Å². The Morgan fingerprint density at radius 3 is 2.29 bits per heavy atom. The number of nitrogens with two attached hydrogens (primary N) is 1. The summed E-state index contributed by atoms with van der Waals surface area (Å²) in [6, 6.07) is 13.0. The number of benzene rings is 2. The molecule has 0 aliphatic rings. The van der Waals surface area contributed by atoms with Crippen LogP contribution in [0.4, 0.5) is 0 Å². The zero-order valence-corrected chi connectivity index (χ0v) is 10.1. The average molecular weight is 248 g/mol. The van der Waals surface area contributed by atoms with E-state index in [0.29, 0.717) is 6.54 Å². The summed E-state index contributed by atoms with van der Waals surface area (Å²) in [5.74, 6) is 0.268. The predicted molar refractivity (Wildman–Crippen MR) is 71.3 cm³/mol. The highest BCUT2D eigenvalue weighted by Crippen LogP contribution is 2.26. The van der Waals surface area contributed by atoms with Gasteiger partial charge >= 0.3 is 0 Å². The zero-order valence-electron chi connectivity index (χ0n) is 9.36. The Kier molecular flexibility index (Phi) is 3.67. The van der Waals surface area contributed by atoms with Gasteiger partial charge in [-0.2, -0.15) is 0 Å². The standard InChI is InChI=1S/C14H14ClNO/c15-14-6-3-11(9-12(14)7-8-16)10-1-4-13(17)5-2-10/h1-6,9,17H,7-8,16H2.